The van der Waals surface area contributed by atoms with E-state index in [1.54, 1.807) is 60.7 Å². The molecule has 0 atom stereocenters. The lowest BCUT2D eigenvalue weighted by Gasteiger charge is -2.28. The minimum Gasteiger partial charge on any atom is -0.452 e. The number of hydrogen-bond acceptors (Lipinski definition) is 5. The van der Waals surface area contributed by atoms with E-state index in [1.165, 1.54) is 11.0 Å². The number of esters is 1. The third-order valence-electron chi connectivity index (χ3n) is 5.07. The van der Waals surface area contributed by atoms with E-state index in [9.17, 15) is 19.2 Å². The number of fused-ring (bicyclic) bond motifs is 1. The Bertz CT molecular complexity index is 1250. The van der Waals surface area contributed by atoms with Crippen LogP contribution < -0.4 is 15.5 Å². The van der Waals surface area contributed by atoms with Gasteiger partial charge in [-0.2, -0.15) is 0 Å². The Labute approximate surface area is 190 Å². The van der Waals surface area contributed by atoms with Crippen LogP contribution in [0.5, 0.6) is 0 Å². The number of aryl methyl sites for hydroxylation is 1. The smallest absolute Gasteiger partial charge is 0.340 e. The zero-order valence-corrected chi connectivity index (χ0v) is 17.8. The number of carbonyl (C=O) groups excluding carboxylic acids is 4. The van der Waals surface area contributed by atoms with Crippen LogP contribution in [0.3, 0.4) is 0 Å². The van der Waals surface area contributed by atoms with Crippen molar-refractivity contribution in [3.63, 3.8) is 0 Å². The summed E-state index contributed by atoms with van der Waals surface area (Å²) in [5.74, 6) is -2.01. The average molecular weight is 443 g/mol. The predicted octanol–water partition coefficient (Wildman–Crippen LogP) is 3.39. The average Bonchev–Trinajstić information content (AvgIpc) is 2.82. The molecular formula is C25H21N3O5. The molecule has 0 saturated heterocycles. The first kappa shape index (κ1) is 21.8. The van der Waals surface area contributed by atoms with E-state index in [4.69, 9.17) is 4.74 Å². The van der Waals surface area contributed by atoms with E-state index >= 15 is 0 Å². The maximum Gasteiger partial charge on any atom is 0.340 e. The molecule has 0 saturated carbocycles. The van der Waals surface area contributed by atoms with Gasteiger partial charge in [0, 0.05) is 5.56 Å². The first-order chi connectivity index (χ1) is 15.9. The molecule has 0 spiro atoms. The number of nitrogens with one attached hydrogen (secondary N) is 2. The van der Waals surface area contributed by atoms with Gasteiger partial charge in [0.15, 0.2) is 6.61 Å². The number of para-hydroxylation sites is 3. The highest BCUT2D eigenvalue weighted by Crippen LogP contribution is 2.29. The highest BCUT2D eigenvalue weighted by Gasteiger charge is 2.27. The monoisotopic (exact) mass is 443 g/mol. The van der Waals surface area contributed by atoms with Crippen LogP contribution in [-0.2, 0) is 14.3 Å². The molecule has 0 fully saturated rings. The maximum atomic E-state index is 12.7. The van der Waals surface area contributed by atoms with Crippen LogP contribution in [0.2, 0.25) is 0 Å². The van der Waals surface area contributed by atoms with Crippen molar-refractivity contribution in [2.24, 2.45) is 0 Å². The van der Waals surface area contributed by atoms with Gasteiger partial charge >= 0.3 is 5.97 Å². The number of hydrogen-bond donors (Lipinski definition) is 2. The number of nitrogens with zero attached hydrogens (tertiary/aromatic N) is 1. The molecule has 3 aromatic rings. The molecule has 1 aliphatic heterocycles. The number of benzene rings is 3. The van der Waals surface area contributed by atoms with Crippen molar-refractivity contribution in [2.45, 2.75) is 6.92 Å². The lowest BCUT2D eigenvalue weighted by Crippen LogP contribution is -2.44. The van der Waals surface area contributed by atoms with E-state index in [2.05, 4.69) is 10.6 Å². The topological polar surface area (TPSA) is 105 Å². The van der Waals surface area contributed by atoms with Gasteiger partial charge in [0.2, 0.25) is 5.91 Å². The lowest BCUT2D eigenvalue weighted by molar-refractivity contribution is -0.124. The SMILES string of the molecule is Cc1cccc(C(=O)Nc2ccccc2C(=O)OCC(=O)N2CC(=O)Nc3ccccc32)c1. The van der Waals surface area contributed by atoms with E-state index in [0.29, 0.717) is 16.9 Å². The summed E-state index contributed by atoms with van der Waals surface area (Å²) in [6, 6.07) is 20.3. The quantitative estimate of drug-likeness (QED) is 0.588. The number of rotatable bonds is 5. The van der Waals surface area contributed by atoms with Gasteiger partial charge in [0.1, 0.15) is 6.54 Å². The summed E-state index contributed by atoms with van der Waals surface area (Å²) >= 11 is 0. The van der Waals surface area contributed by atoms with Crippen molar-refractivity contribution in [1.29, 1.82) is 0 Å². The Balaban J connectivity index is 1.45. The van der Waals surface area contributed by atoms with E-state index in [-0.39, 0.29) is 29.6 Å². The molecule has 4 rings (SSSR count). The van der Waals surface area contributed by atoms with Gasteiger partial charge in [-0.3, -0.25) is 19.3 Å². The summed E-state index contributed by atoms with van der Waals surface area (Å²) in [4.78, 5) is 51.2. The molecule has 2 N–H and O–H groups in total. The second-order valence-electron chi connectivity index (χ2n) is 7.49. The first-order valence-corrected chi connectivity index (χ1v) is 10.3. The summed E-state index contributed by atoms with van der Waals surface area (Å²) < 4.78 is 5.23. The third kappa shape index (κ3) is 4.90. The highest BCUT2D eigenvalue weighted by atomic mass is 16.5. The molecule has 1 heterocycles. The summed E-state index contributed by atoms with van der Waals surface area (Å²) in [7, 11) is 0. The Morgan fingerprint density at radius 3 is 2.58 bits per heavy atom. The van der Waals surface area contributed by atoms with E-state index in [0.717, 1.165) is 5.56 Å². The minimum atomic E-state index is -0.766. The van der Waals surface area contributed by atoms with Crippen LogP contribution in [0, 0.1) is 6.92 Å². The van der Waals surface area contributed by atoms with Crippen LogP contribution in [-0.4, -0.2) is 36.8 Å². The molecule has 33 heavy (non-hydrogen) atoms. The molecule has 1 aliphatic rings. The minimum absolute atomic E-state index is 0.114. The standard InChI is InChI=1S/C25H21N3O5/c1-16-7-6-8-17(13-16)24(31)27-19-10-3-2-9-18(19)25(32)33-15-23(30)28-14-22(29)26-20-11-4-5-12-21(20)28/h2-13H,14-15H2,1H3,(H,26,29)(H,27,31). The van der Waals surface area contributed by atoms with Crippen molar-refractivity contribution in [1.82, 2.24) is 0 Å². The number of anilines is 3. The molecule has 3 amide bonds. The number of ether oxygens (including phenoxy) is 1. The second-order valence-corrected chi connectivity index (χ2v) is 7.49. The van der Waals surface area contributed by atoms with Crippen molar-refractivity contribution < 1.29 is 23.9 Å². The Morgan fingerprint density at radius 1 is 1.00 bits per heavy atom. The molecule has 8 nitrogen and oxygen atoms in total. The molecule has 3 aromatic carbocycles. The highest BCUT2D eigenvalue weighted by molar-refractivity contribution is 6.11. The summed E-state index contributed by atoms with van der Waals surface area (Å²) in [6.45, 7) is 1.15. The van der Waals surface area contributed by atoms with Gasteiger partial charge in [-0.15, -0.1) is 0 Å². The van der Waals surface area contributed by atoms with Crippen molar-refractivity contribution in [2.75, 3.05) is 28.7 Å². The molecule has 0 aromatic heterocycles. The molecule has 0 unspecified atom stereocenters. The predicted molar refractivity (Wildman–Crippen MR) is 123 cm³/mol. The maximum absolute atomic E-state index is 12.7. The van der Waals surface area contributed by atoms with Gasteiger partial charge in [0.25, 0.3) is 11.8 Å². The normalized spacial score (nSPS) is 12.4. The Hall–Kier alpha value is -4.46. The second kappa shape index (κ2) is 9.35. The number of amides is 3. The molecule has 0 radical (unpaired) electrons. The van der Waals surface area contributed by atoms with Crippen molar-refractivity contribution in [3.05, 3.63) is 89.5 Å². The van der Waals surface area contributed by atoms with Crippen LogP contribution in [0.4, 0.5) is 17.1 Å². The first-order valence-electron chi connectivity index (χ1n) is 10.3. The molecular weight excluding hydrogens is 422 g/mol. The largest absolute Gasteiger partial charge is 0.452 e. The fraction of sp³-hybridized carbons (Fsp3) is 0.120. The van der Waals surface area contributed by atoms with Crippen LogP contribution in [0.1, 0.15) is 26.3 Å². The van der Waals surface area contributed by atoms with Crippen LogP contribution in [0.15, 0.2) is 72.8 Å². The summed E-state index contributed by atoms with van der Waals surface area (Å²) in [6.07, 6.45) is 0. The molecule has 166 valence electrons. The van der Waals surface area contributed by atoms with Crippen LogP contribution in [0.25, 0.3) is 0 Å². The number of carbonyl (C=O) groups is 4. The van der Waals surface area contributed by atoms with E-state index in [1.807, 2.05) is 13.0 Å². The Kier molecular flexibility index (Phi) is 6.17. The van der Waals surface area contributed by atoms with Gasteiger partial charge in [-0.05, 0) is 43.3 Å². The van der Waals surface area contributed by atoms with Crippen molar-refractivity contribution >= 4 is 40.8 Å². The van der Waals surface area contributed by atoms with Crippen LogP contribution >= 0.6 is 0 Å². The summed E-state index contributed by atoms with van der Waals surface area (Å²) in [5.41, 5.74) is 2.81. The molecule has 0 aliphatic carbocycles. The Morgan fingerprint density at radius 2 is 1.76 bits per heavy atom. The third-order valence-corrected chi connectivity index (χ3v) is 5.07. The molecule has 8 heteroatoms. The molecule has 0 bridgehead atoms. The lowest BCUT2D eigenvalue weighted by atomic mass is 10.1. The van der Waals surface area contributed by atoms with E-state index < -0.39 is 18.5 Å². The zero-order chi connectivity index (χ0) is 23.4. The fourth-order valence-electron chi connectivity index (χ4n) is 3.49. The fourth-order valence-corrected chi connectivity index (χ4v) is 3.49. The summed E-state index contributed by atoms with van der Waals surface area (Å²) in [5, 5.41) is 5.41. The van der Waals surface area contributed by atoms with Gasteiger partial charge in [-0.1, -0.05) is 42.0 Å². The van der Waals surface area contributed by atoms with Gasteiger partial charge in [0.05, 0.1) is 22.6 Å². The van der Waals surface area contributed by atoms with Gasteiger partial charge < -0.3 is 15.4 Å². The van der Waals surface area contributed by atoms with Crippen molar-refractivity contribution in [3.8, 4) is 0 Å². The zero-order valence-electron chi connectivity index (χ0n) is 17.8. The van der Waals surface area contributed by atoms with Gasteiger partial charge in [-0.25, -0.2) is 4.79 Å².